The molecule has 2 rings (SSSR count). The van der Waals surface area contributed by atoms with E-state index in [2.05, 4.69) is 22.1 Å². The number of nitrogens with one attached hydrogen (secondary N) is 1. The predicted octanol–water partition coefficient (Wildman–Crippen LogP) is 3.57. The summed E-state index contributed by atoms with van der Waals surface area (Å²) in [6.45, 7) is 0. The number of aromatic nitrogens is 1. The van der Waals surface area contributed by atoms with E-state index < -0.39 is 0 Å². The van der Waals surface area contributed by atoms with E-state index >= 15 is 0 Å². The Morgan fingerprint density at radius 3 is 2.74 bits per heavy atom. The van der Waals surface area contributed by atoms with Gasteiger partial charge in [-0.1, -0.05) is 41.6 Å². The maximum atomic E-state index is 12.0. The number of nitrogens with zero attached hydrogens (tertiary/aromatic N) is 2. The normalized spacial score (nSPS) is 9.39. The number of nitriles is 1. The zero-order valence-corrected chi connectivity index (χ0v) is 13.1. The maximum absolute atomic E-state index is 12.0. The Hall–Kier alpha value is -2.82. The molecule has 0 bridgehead atoms. The van der Waals surface area contributed by atoms with Crippen molar-refractivity contribution in [2.75, 3.05) is 5.32 Å². The first-order valence-corrected chi connectivity index (χ1v) is 7.42. The second-order valence-electron chi connectivity index (χ2n) is 4.71. The molecule has 0 aliphatic rings. The zero-order chi connectivity index (χ0) is 16.5. The topological polar surface area (TPSA) is 65.8 Å². The van der Waals surface area contributed by atoms with Gasteiger partial charge < -0.3 is 5.32 Å². The van der Waals surface area contributed by atoms with Crippen LogP contribution in [0.5, 0.6) is 0 Å². The summed E-state index contributed by atoms with van der Waals surface area (Å²) in [5, 5.41) is 11.7. The fourth-order valence-corrected chi connectivity index (χ4v) is 2.03. The molecule has 1 heterocycles. The average Bonchev–Trinajstić information content (AvgIpc) is 2.55. The molecule has 4 nitrogen and oxygen atoms in total. The highest BCUT2D eigenvalue weighted by atomic mass is 35.5. The zero-order valence-electron chi connectivity index (χ0n) is 12.3. The molecular weight excluding hydrogens is 310 g/mol. The quantitative estimate of drug-likeness (QED) is 0.691. The van der Waals surface area contributed by atoms with Gasteiger partial charge >= 0.3 is 0 Å². The van der Waals surface area contributed by atoms with Crippen molar-refractivity contribution in [1.29, 1.82) is 5.26 Å². The van der Waals surface area contributed by atoms with Crippen molar-refractivity contribution in [3.8, 4) is 17.9 Å². The van der Waals surface area contributed by atoms with Crippen molar-refractivity contribution in [3.63, 3.8) is 0 Å². The van der Waals surface area contributed by atoms with E-state index in [1.54, 1.807) is 24.4 Å². The van der Waals surface area contributed by atoms with Gasteiger partial charge in [-0.25, -0.2) is 4.98 Å². The molecular formula is C18H14ClN3O. The second-order valence-corrected chi connectivity index (χ2v) is 5.12. The van der Waals surface area contributed by atoms with Crippen LogP contribution in [-0.4, -0.2) is 10.9 Å². The molecule has 1 aromatic carbocycles. The van der Waals surface area contributed by atoms with Gasteiger partial charge in [0.1, 0.15) is 5.82 Å². The summed E-state index contributed by atoms with van der Waals surface area (Å²) in [6, 6.07) is 12.7. The number of pyridine rings is 1. The summed E-state index contributed by atoms with van der Waals surface area (Å²) in [5.74, 6) is 6.08. The summed E-state index contributed by atoms with van der Waals surface area (Å²) < 4.78 is 0. The third-order valence-electron chi connectivity index (χ3n) is 2.93. The van der Waals surface area contributed by atoms with Gasteiger partial charge in [0.05, 0.1) is 12.5 Å². The molecule has 0 radical (unpaired) electrons. The van der Waals surface area contributed by atoms with Gasteiger partial charge in [-0.3, -0.25) is 4.79 Å². The van der Waals surface area contributed by atoms with Crippen LogP contribution in [0.25, 0.3) is 0 Å². The summed E-state index contributed by atoms with van der Waals surface area (Å²) in [6.07, 6.45) is 2.73. The largest absolute Gasteiger partial charge is 0.310 e. The Bertz CT molecular complexity index is 782. The molecule has 114 valence electrons. The van der Waals surface area contributed by atoms with Crippen molar-refractivity contribution in [1.82, 2.24) is 4.98 Å². The number of amides is 1. The van der Waals surface area contributed by atoms with E-state index in [1.807, 2.05) is 24.3 Å². The number of carbonyl (C=O) groups is 1. The Morgan fingerprint density at radius 2 is 2.04 bits per heavy atom. The van der Waals surface area contributed by atoms with E-state index in [-0.39, 0.29) is 12.3 Å². The van der Waals surface area contributed by atoms with E-state index in [0.29, 0.717) is 23.7 Å². The lowest BCUT2D eigenvalue weighted by molar-refractivity contribution is -0.115. The molecule has 1 amide bonds. The fraction of sp³-hybridized carbons (Fsp3) is 0.167. The van der Waals surface area contributed by atoms with Crippen molar-refractivity contribution >= 4 is 23.3 Å². The van der Waals surface area contributed by atoms with Gasteiger partial charge in [-0.2, -0.15) is 5.26 Å². The van der Waals surface area contributed by atoms with Crippen LogP contribution in [-0.2, 0) is 11.2 Å². The molecule has 0 fully saturated rings. The monoisotopic (exact) mass is 323 g/mol. The third kappa shape index (κ3) is 5.47. The van der Waals surface area contributed by atoms with Gasteiger partial charge in [-0.05, 0) is 23.8 Å². The number of benzene rings is 1. The first-order valence-electron chi connectivity index (χ1n) is 7.04. The van der Waals surface area contributed by atoms with Gasteiger partial charge in [-0.15, -0.1) is 0 Å². The van der Waals surface area contributed by atoms with E-state index in [1.165, 1.54) is 0 Å². The van der Waals surface area contributed by atoms with Crippen LogP contribution in [0.2, 0.25) is 5.02 Å². The minimum atomic E-state index is -0.182. The number of hydrogen-bond donors (Lipinski definition) is 1. The molecule has 0 saturated heterocycles. The first-order chi connectivity index (χ1) is 11.2. The second kappa shape index (κ2) is 8.58. The summed E-state index contributed by atoms with van der Waals surface area (Å²) in [5.41, 5.74) is 1.51. The third-order valence-corrected chi connectivity index (χ3v) is 3.30. The Kier molecular flexibility index (Phi) is 6.17. The van der Waals surface area contributed by atoms with Crippen molar-refractivity contribution in [2.24, 2.45) is 0 Å². The van der Waals surface area contributed by atoms with Gasteiger partial charge in [0, 0.05) is 29.6 Å². The predicted molar refractivity (Wildman–Crippen MR) is 89.7 cm³/mol. The van der Waals surface area contributed by atoms with Crippen LogP contribution in [0.3, 0.4) is 0 Å². The lowest BCUT2D eigenvalue weighted by atomic mass is 10.1. The van der Waals surface area contributed by atoms with Crippen molar-refractivity contribution < 1.29 is 4.79 Å². The molecule has 5 heteroatoms. The minimum Gasteiger partial charge on any atom is -0.310 e. The number of unbranched alkanes of at least 4 members (excludes halogenated alkanes) is 1. The molecule has 0 aliphatic heterocycles. The lowest BCUT2D eigenvalue weighted by Gasteiger charge is -2.05. The number of rotatable bonds is 4. The Labute approximate surface area is 140 Å². The average molecular weight is 324 g/mol. The molecule has 0 aliphatic carbocycles. The Morgan fingerprint density at radius 1 is 1.22 bits per heavy atom. The highest BCUT2D eigenvalue weighted by Gasteiger charge is 2.07. The summed E-state index contributed by atoms with van der Waals surface area (Å²) >= 11 is 6.03. The fourth-order valence-electron chi connectivity index (χ4n) is 1.83. The Balaban J connectivity index is 1.93. The number of hydrogen-bond acceptors (Lipinski definition) is 3. The molecule has 0 atom stereocenters. The molecule has 1 aromatic heterocycles. The van der Waals surface area contributed by atoms with E-state index in [9.17, 15) is 4.79 Å². The smallest absolute Gasteiger partial charge is 0.230 e. The van der Waals surface area contributed by atoms with Crippen molar-refractivity contribution in [3.05, 3.63) is 58.7 Å². The van der Waals surface area contributed by atoms with Crippen molar-refractivity contribution in [2.45, 2.75) is 19.3 Å². The molecule has 23 heavy (non-hydrogen) atoms. The van der Waals surface area contributed by atoms with Crippen LogP contribution in [0, 0.1) is 23.2 Å². The maximum Gasteiger partial charge on any atom is 0.230 e. The van der Waals surface area contributed by atoms with Gasteiger partial charge in [0.2, 0.25) is 5.91 Å². The van der Waals surface area contributed by atoms with E-state index in [4.69, 9.17) is 16.9 Å². The molecule has 0 spiro atoms. The SMILES string of the molecule is N#CCCC#Cc1ccc(NC(=O)Cc2ccccc2Cl)nc1. The number of halogens is 1. The highest BCUT2D eigenvalue weighted by molar-refractivity contribution is 6.31. The highest BCUT2D eigenvalue weighted by Crippen LogP contribution is 2.16. The van der Waals surface area contributed by atoms with Gasteiger partial charge in [0.15, 0.2) is 0 Å². The molecule has 0 unspecified atom stereocenters. The summed E-state index contributed by atoms with van der Waals surface area (Å²) in [7, 11) is 0. The standard InChI is InChI=1S/C18H14ClN3O/c19-16-8-4-3-7-15(16)12-18(23)22-17-10-9-14(13-21-17)6-2-1-5-11-20/h3-4,7-10,13H,1,5,12H2,(H,21,22,23). The lowest BCUT2D eigenvalue weighted by Crippen LogP contribution is -2.15. The van der Waals surface area contributed by atoms with Gasteiger partial charge in [0.25, 0.3) is 0 Å². The van der Waals surface area contributed by atoms with Crippen LogP contribution >= 0.6 is 11.6 Å². The van der Waals surface area contributed by atoms with Crippen LogP contribution in [0.15, 0.2) is 42.6 Å². The van der Waals surface area contributed by atoms with Crippen LogP contribution in [0.1, 0.15) is 24.0 Å². The summed E-state index contributed by atoms with van der Waals surface area (Å²) in [4.78, 5) is 16.1. The molecule has 2 aromatic rings. The van der Waals surface area contributed by atoms with E-state index in [0.717, 1.165) is 11.1 Å². The van der Waals surface area contributed by atoms with Crippen LogP contribution < -0.4 is 5.32 Å². The molecule has 1 N–H and O–H groups in total. The molecule has 0 saturated carbocycles. The van der Waals surface area contributed by atoms with Crippen LogP contribution in [0.4, 0.5) is 5.82 Å². The number of carbonyl (C=O) groups excluding carboxylic acids is 1. The first kappa shape index (κ1) is 16.5. The number of anilines is 1. The minimum absolute atomic E-state index is 0.182.